The number of nitrogens with one attached hydrogen (secondary N) is 1. The van der Waals surface area contributed by atoms with Gasteiger partial charge in [-0.15, -0.1) is 11.8 Å². The summed E-state index contributed by atoms with van der Waals surface area (Å²) in [4.78, 5) is 63.1. The van der Waals surface area contributed by atoms with Gasteiger partial charge in [0.1, 0.15) is 24.1 Å². The number of carboxylic acids is 1. The molecule has 0 bridgehead atoms. The lowest BCUT2D eigenvalue weighted by molar-refractivity contribution is -0.145. The maximum Gasteiger partial charge on any atom is 0.305 e. The van der Waals surface area contributed by atoms with Crippen LogP contribution in [0.1, 0.15) is 34.8 Å². The summed E-state index contributed by atoms with van der Waals surface area (Å²) in [6.45, 7) is 4.43. The van der Waals surface area contributed by atoms with Crippen molar-refractivity contribution in [2.24, 2.45) is 0 Å². The zero-order valence-electron chi connectivity index (χ0n) is 19.3. The Morgan fingerprint density at radius 2 is 1.86 bits per heavy atom. The predicted octanol–water partition coefficient (Wildman–Crippen LogP) is 2.05. The highest BCUT2D eigenvalue weighted by molar-refractivity contribution is 7.99. The Morgan fingerprint density at radius 1 is 1.23 bits per heavy atom. The first-order valence-electron chi connectivity index (χ1n) is 10.7. The molecule has 3 amide bonds. The Hall–Kier alpha value is -3.86. The van der Waals surface area contributed by atoms with Gasteiger partial charge >= 0.3 is 5.97 Å². The molecule has 10 nitrogen and oxygen atoms in total. The van der Waals surface area contributed by atoms with Gasteiger partial charge in [-0.3, -0.25) is 19.2 Å². The number of nitrogens with zero attached hydrogens (tertiary/aromatic N) is 2. The molecule has 184 valence electrons. The smallest absolute Gasteiger partial charge is 0.305 e. The molecule has 0 saturated heterocycles. The summed E-state index contributed by atoms with van der Waals surface area (Å²) < 4.78 is 0. The quantitative estimate of drug-likeness (QED) is 0.491. The average molecular weight is 500 g/mol. The van der Waals surface area contributed by atoms with Crippen LogP contribution in [0.2, 0.25) is 0 Å². The number of para-hydroxylation sites is 1. The van der Waals surface area contributed by atoms with E-state index < -0.39 is 42.2 Å². The van der Waals surface area contributed by atoms with Gasteiger partial charge in [-0.2, -0.15) is 0 Å². The van der Waals surface area contributed by atoms with Crippen LogP contribution in [0.5, 0.6) is 5.75 Å². The molecule has 0 saturated carbocycles. The third-order valence-corrected chi connectivity index (χ3v) is 6.61. The van der Waals surface area contributed by atoms with Crippen molar-refractivity contribution in [3.63, 3.8) is 0 Å². The summed E-state index contributed by atoms with van der Waals surface area (Å²) in [5.74, 6) is -3.09. The number of anilines is 1. The van der Waals surface area contributed by atoms with Crippen LogP contribution in [0.15, 0.2) is 41.3 Å². The molecule has 3 N–H and O–H groups in total. The number of hydrogen-bond donors (Lipinski definition) is 3. The number of hydrogen-bond acceptors (Lipinski definition) is 7. The Morgan fingerprint density at radius 3 is 2.43 bits per heavy atom. The SMILES string of the molecule is CC(=O)N([C@H](C=O)CC(=O)O)N1C(=O)[C@H](NC(=O)c2cc(C)c(O)c(C)c2)CSc2ccccc21. The van der Waals surface area contributed by atoms with Gasteiger partial charge in [-0.1, -0.05) is 12.1 Å². The number of benzene rings is 2. The molecule has 0 unspecified atom stereocenters. The first-order valence-corrected chi connectivity index (χ1v) is 11.7. The van der Waals surface area contributed by atoms with Crippen molar-refractivity contribution in [3.8, 4) is 5.75 Å². The number of carboxylic acid groups (broad SMARTS) is 1. The van der Waals surface area contributed by atoms with E-state index in [-0.39, 0.29) is 17.1 Å². The molecule has 1 aliphatic rings. The van der Waals surface area contributed by atoms with E-state index >= 15 is 0 Å². The van der Waals surface area contributed by atoms with Gasteiger partial charge in [-0.25, -0.2) is 10.0 Å². The fourth-order valence-corrected chi connectivity index (χ4v) is 4.86. The van der Waals surface area contributed by atoms with E-state index in [1.807, 2.05) is 0 Å². The van der Waals surface area contributed by atoms with Gasteiger partial charge < -0.3 is 20.3 Å². The van der Waals surface area contributed by atoms with Crippen molar-refractivity contribution < 1.29 is 34.2 Å². The number of rotatable bonds is 7. The molecule has 0 spiro atoms. The number of aromatic hydroxyl groups is 1. The fourth-order valence-electron chi connectivity index (χ4n) is 3.81. The summed E-state index contributed by atoms with van der Waals surface area (Å²) in [6, 6.07) is 7.13. The van der Waals surface area contributed by atoms with E-state index in [0.717, 1.165) is 16.9 Å². The molecule has 0 fully saturated rings. The number of aldehydes is 1. The molecule has 1 heterocycles. The van der Waals surface area contributed by atoms with Crippen molar-refractivity contribution >= 4 is 47.4 Å². The summed E-state index contributed by atoms with van der Waals surface area (Å²) in [5, 5.41) is 23.7. The van der Waals surface area contributed by atoms with Crippen LogP contribution in [0.25, 0.3) is 0 Å². The molecule has 0 aliphatic carbocycles. The molecule has 2 aromatic rings. The molecule has 0 radical (unpaired) electrons. The molecule has 1 aliphatic heterocycles. The molecule has 2 atom stereocenters. The second-order valence-corrected chi connectivity index (χ2v) is 9.14. The number of amides is 3. The van der Waals surface area contributed by atoms with E-state index in [1.54, 1.807) is 38.1 Å². The van der Waals surface area contributed by atoms with Crippen molar-refractivity contribution in [1.82, 2.24) is 10.3 Å². The van der Waals surface area contributed by atoms with Crippen molar-refractivity contribution in [2.45, 2.75) is 44.2 Å². The van der Waals surface area contributed by atoms with Gasteiger partial charge in [-0.05, 0) is 49.2 Å². The highest BCUT2D eigenvalue weighted by atomic mass is 32.2. The zero-order valence-corrected chi connectivity index (χ0v) is 20.2. The zero-order chi connectivity index (χ0) is 25.9. The van der Waals surface area contributed by atoms with Gasteiger partial charge in [0.25, 0.3) is 11.8 Å². The van der Waals surface area contributed by atoms with Crippen molar-refractivity contribution in [3.05, 3.63) is 53.1 Å². The highest BCUT2D eigenvalue weighted by Gasteiger charge is 2.40. The number of carbonyl (C=O) groups excluding carboxylic acids is 4. The predicted molar refractivity (Wildman–Crippen MR) is 128 cm³/mol. The van der Waals surface area contributed by atoms with Crippen molar-refractivity contribution in [1.29, 1.82) is 0 Å². The Labute approximate surface area is 205 Å². The van der Waals surface area contributed by atoms with E-state index in [4.69, 9.17) is 0 Å². The number of aliphatic carboxylic acids is 1. The van der Waals surface area contributed by atoms with Crippen LogP contribution in [0.3, 0.4) is 0 Å². The van der Waals surface area contributed by atoms with Gasteiger partial charge in [0.05, 0.1) is 12.1 Å². The van der Waals surface area contributed by atoms with Crippen LogP contribution < -0.4 is 10.3 Å². The molecular weight excluding hydrogens is 474 g/mol. The number of thioether (sulfide) groups is 1. The van der Waals surface area contributed by atoms with Crippen LogP contribution in [-0.4, -0.2) is 63.0 Å². The van der Waals surface area contributed by atoms with Crippen LogP contribution in [0, 0.1) is 13.8 Å². The molecule has 3 rings (SSSR count). The van der Waals surface area contributed by atoms with Crippen LogP contribution >= 0.6 is 11.8 Å². The Bertz CT molecular complexity index is 1180. The highest BCUT2D eigenvalue weighted by Crippen LogP contribution is 2.36. The molecule has 0 aromatic heterocycles. The lowest BCUT2D eigenvalue weighted by atomic mass is 10.0. The monoisotopic (exact) mass is 499 g/mol. The third-order valence-electron chi connectivity index (χ3n) is 5.46. The van der Waals surface area contributed by atoms with E-state index in [0.29, 0.717) is 28.0 Å². The minimum Gasteiger partial charge on any atom is -0.507 e. The van der Waals surface area contributed by atoms with Gasteiger partial charge in [0, 0.05) is 23.1 Å². The van der Waals surface area contributed by atoms with E-state index in [9.17, 15) is 34.2 Å². The summed E-state index contributed by atoms with van der Waals surface area (Å²) in [7, 11) is 0. The number of fused-ring (bicyclic) bond motifs is 1. The second kappa shape index (κ2) is 10.6. The van der Waals surface area contributed by atoms with Crippen LogP contribution in [-0.2, 0) is 19.2 Å². The number of carbonyl (C=O) groups is 5. The number of hydrazine groups is 1. The molecular formula is C24H25N3O7S. The topological polar surface area (TPSA) is 144 Å². The van der Waals surface area contributed by atoms with Gasteiger partial charge in [0.15, 0.2) is 0 Å². The minimum absolute atomic E-state index is 0.0692. The van der Waals surface area contributed by atoms with Crippen molar-refractivity contribution in [2.75, 3.05) is 10.8 Å². The number of aryl methyl sites for hydroxylation is 2. The average Bonchev–Trinajstić information content (AvgIpc) is 2.93. The molecule has 35 heavy (non-hydrogen) atoms. The lowest BCUT2D eigenvalue weighted by Crippen LogP contribution is -2.60. The molecule has 2 aromatic carbocycles. The summed E-state index contributed by atoms with van der Waals surface area (Å²) in [6.07, 6.45) is -0.399. The standard InChI is InChI=1S/C24H25N3O7S/c1-13-8-16(9-14(2)22(13)32)23(33)25-18-12-35-20-7-5-4-6-19(20)27(24(18)34)26(15(3)29)17(11-28)10-21(30)31/h4-9,11,17-18,32H,10,12H2,1-3H3,(H,25,33)(H,30,31)/t17-,18+/m0/s1. The Balaban J connectivity index is 2.02. The third kappa shape index (κ3) is 5.46. The second-order valence-electron chi connectivity index (χ2n) is 8.08. The summed E-state index contributed by atoms with van der Waals surface area (Å²) >= 11 is 1.27. The normalized spacial score (nSPS) is 16.0. The maximum absolute atomic E-state index is 13.7. The first kappa shape index (κ1) is 25.8. The molecule has 11 heteroatoms. The fraction of sp³-hybridized carbons (Fsp3) is 0.292. The van der Waals surface area contributed by atoms with E-state index in [1.165, 1.54) is 23.9 Å². The van der Waals surface area contributed by atoms with Crippen LogP contribution in [0.4, 0.5) is 5.69 Å². The minimum atomic E-state index is -1.44. The lowest BCUT2D eigenvalue weighted by Gasteiger charge is -2.38. The first-order chi connectivity index (χ1) is 16.5. The number of phenols is 1. The summed E-state index contributed by atoms with van der Waals surface area (Å²) in [5.41, 5.74) is 1.53. The van der Waals surface area contributed by atoms with Gasteiger partial charge in [0.2, 0.25) is 5.91 Å². The number of phenolic OH excluding ortho intramolecular Hbond substituents is 1. The maximum atomic E-state index is 13.7. The largest absolute Gasteiger partial charge is 0.507 e. The Kier molecular flexibility index (Phi) is 7.80. The van der Waals surface area contributed by atoms with E-state index in [2.05, 4.69) is 5.32 Å².